The lowest BCUT2D eigenvalue weighted by atomic mass is 10.0. The molecule has 0 spiro atoms. The third kappa shape index (κ3) is 4.27. The standard InChI is InChI=1S/C16H24N2S/c1-4-5-15-11-18-16(19-15)17-10-13-6-8-14(9-7-13)12(2)3/h6-9,12,15H,4-5,10-11H2,1-3H3,(H,17,18). The molecule has 3 heteroatoms. The average molecular weight is 276 g/mol. The Balaban J connectivity index is 1.80. The van der Waals surface area contributed by atoms with Crippen LogP contribution in [-0.4, -0.2) is 17.0 Å². The molecule has 0 aliphatic carbocycles. The summed E-state index contributed by atoms with van der Waals surface area (Å²) in [6.07, 6.45) is 2.51. The van der Waals surface area contributed by atoms with Gasteiger partial charge in [0.25, 0.3) is 0 Å². The Bertz CT molecular complexity index is 423. The Morgan fingerprint density at radius 3 is 2.68 bits per heavy atom. The van der Waals surface area contributed by atoms with Crippen LogP contribution in [0.25, 0.3) is 0 Å². The van der Waals surface area contributed by atoms with Gasteiger partial charge in [0.15, 0.2) is 5.17 Å². The molecule has 1 aliphatic rings. The van der Waals surface area contributed by atoms with E-state index in [1.807, 2.05) is 11.8 Å². The summed E-state index contributed by atoms with van der Waals surface area (Å²) in [6, 6.07) is 8.88. The molecule has 1 aromatic rings. The molecule has 0 aromatic heterocycles. The first-order valence-corrected chi connectivity index (χ1v) is 8.10. The predicted octanol–water partition coefficient (Wildman–Crippen LogP) is 4.17. The highest BCUT2D eigenvalue weighted by Crippen LogP contribution is 2.23. The van der Waals surface area contributed by atoms with Crippen molar-refractivity contribution in [3.05, 3.63) is 35.4 Å². The highest BCUT2D eigenvalue weighted by atomic mass is 32.2. The number of nitrogens with zero attached hydrogens (tertiary/aromatic N) is 1. The van der Waals surface area contributed by atoms with E-state index in [-0.39, 0.29) is 0 Å². The number of hydrogen-bond acceptors (Lipinski definition) is 3. The lowest BCUT2D eigenvalue weighted by Crippen LogP contribution is -2.18. The largest absolute Gasteiger partial charge is 0.361 e. The van der Waals surface area contributed by atoms with Gasteiger partial charge in [-0.2, -0.15) is 0 Å². The predicted molar refractivity (Wildman–Crippen MR) is 86.0 cm³/mol. The zero-order valence-electron chi connectivity index (χ0n) is 12.1. The second kappa shape index (κ2) is 6.99. The van der Waals surface area contributed by atoms with Crippen LogP contribution in [0.2, 0.25) is 0 Å². The van der Waals surface area contributed by atoms with Crippen LogP contribution in [-0.2, 0) is 6.54 Å². The van der Waals surface area contributed by atoms with Crippen molar-refractivity contribution in [3.8, 4) is 0 Å². The average Bonchev–Trinajstić information content (AvgIpc) is 2.85. The molecule has 104 valence electrons. The molecule has 0 radical (unpaired) electrons. The highest BCUT2D eigenvalue weighted by Gasteiger charge is 2.18. The van der Waals surface area contributed by atoms with Crippen LogP contribution in [0.3, 0.4) is 0 Å². The Labute approximate surface area is 121 Å². The fourth-order valence-electron chi connectivity index (χ4n) is 2.18. The molecule has 0 saturated heterocycles. The van der Waals surface area contributed by atoms with Gasteiger partial charge < -0.3 is 5.32 Å². The van der Waals surface area contributed by atoms with Gasteiger partial charge in [-0.05, 0) is 23.5 Å². The third-order valence-corrected chi connectivity index (χ3v) is 4.63. The van der Waals surface area contributed by atoms with Crippen molar-refractivity contribution in [2.75, 3.05) is 6.54 Å². The molecule has 19 heavy (non-hydrogen) atoms. The Kier molecular flexibility index (Phi) is 5.32. The van der Waals surface area contributed by atoms with E-state index in [2.05, 4.69) is 55.3 Å². The summed E-state index contributed by atoms with van der Waals surface area (Å²) in [6.45, 7) is 8.55. The molecule has 1 heterocycles. The van der Waals surface area contributed by atoms with E-state index in [1.54, 1.807) is 0 Å². The first-order valence-electron chi connectivity index (χ1n) is 7.23. The van der Waals surface area contributed by atoms with E-state index in [9.17, 15) is 0 Å². The highest BCUT2D eigenvalue weighted by molar-refractivity contribution is 8.14. The molecule has 0 saturated carbocycles. The van der Waals surface area contributed by atoms with E-state index < -0.39 is 0 Å². The molecule has 1 N–H and O–H groups in total. The summed E-state index contributed by atoms with van der Waals surface area (Å²) in [4.78, 5) is 4.57. The summed E-state index contributed by atoms with van der Waals surface area (Å²) in [7, 11) is 0. The normalized spacial score (nSPS) is 18.7. The summed E-state index contributed by atoms with van der Waals surface area (Å²) >= 11 is 1.90. The molecular weight excluding hydrogens is 252 g/mol. The maximum absolute atomic E-state index is 4.57. The first kappa shape index (κ1) is 14.4. The molecule has 1 aliphatic heterocycles. The van der Waals surface area contributed by atoms with Gasteiger partial charge in [0.1, 0.15) is 0 Å². The quantitative estimate of drug-likeness (QED) is 0.873. The zero-order chi connectivity index (χ0) is 13.7. The van der Waals surface area contributed by atoms with Crippen LogP contribution >= 0.6 is 11.8 Å². The number of hydrogen-bond donors (Lipinski definition) is 1. The van der Waals surface area contributed by atoms with Gasteiger partial charge in [-0.25, -0.2) is 0 Å². The minimum absolute atomic E-state index is 0.603. The second-order valence-electron chi connectivity index (χ2n) is 5.42. The van der Waals surface area contributed by atoms with Crippen LogP contribution < -0.4 is 5.32 Å². The van der Waals surface area contributed by atoms with Crippen molar-refractivity contribution in [1.29, 1.82) is 0 Å². The van der Waals surface area contributed by atoms with Crippen molar-refractivity contribution >= 4 is 16.9 Å². The topological polar surface area (TPSA) is 24.4 Å². The monoisotopic (exact) mass is 276 g/mol. The van der Waals surface area contributed by atoms with E-state index >= 15 is 0 Å². The molecule has 2 rings (SSSR count). The lowest BCUT2D eigenvalue weighted by molar-refractivity contribution is 0.753. The maximum Gasteiger partial charge on any atom is 0.157 e. The Hall–Kier alpha value is -0.960. The Morgan fingerprint density at radius 1 is 1.32 bits per heavy atom. The molecule has 0 bridgehead atoms. The van der Waals surface area contributed by atoms with Crippen LogP contribution in [0.4, 0.5) is 0 Å². The fourth-order valence-corrected chi connectivity index (χ4v) is 3.31. The fraction of sp³-hybridized carbons (Fsp3) is 0.562. The zero-order valence-corrected chi connectivity index (χ0v) is 13.0. The van der Waals surface area contributed by atoms with Gasteiger partial charge in [-0.15, -0.1) is 0 Å². The van der Waals surface area contributed by atoms with E-state index in [1.165, 1.54) is 24.0 Å². The van der Waals surface area contributed by atoms with Gasteiger partial charge in [-0.3, -0.25) is 4.99 Å². The Morgan fingerprint density at radius 2 is 2.05 bits per heavy atom. The number of amidine groups is 1. The molecule has 1 aromatic carbocycles. The maximum atomic E-state index is 4.57. The van der Waals surface area contributed by atoms with Crippen LogP contribution in [0.1, 0.15) is 50.7 Å². The van der Waals surface area contributed by atoms with E-state index in [4.69, 9.17) is 0 Å². The van der Waals surface area contributed by atoms with Crippen LogP contribution in [0, 0.1) is 0 Å². The van der Waals surface area contributed by atoms with E-state index in [0.29, 0.717) is 11.2 Å². The SMILES string of the molecule is CCCC1CN=C(NCc2ccc(C(C)C)cc2)S1. The number of aliphatic imine (C=N–C) groups is 1. The van der Waals surface area contributed by atoms with Crippen molar-refractivity contribution in [2.45, 2.75) is 51.3 Å². The summed E-state index contributed by atoms with van der Waals surface area (Å²) in [5.74, 6) is 0.603. The van der Waals surface area contributed by atoms with Crippen LogP contribution in [0.15, 0.2) is 29.3 Å². The van der Waals surface area contributed by atoms with Crippen molar-refractivity contribution < 1.29 is 0 Å². The van der Waals surface area contributed by atoms with Crippen molar-refractivity contribution in [3.63, 3.8) is 0 Å². The summed E-state index contributed by atoms with van der Waals surface area (Å²) < 4.78 is 0. The van der Waals surface area contributed by atoms with Crippen LogP contribution in [0.5, 0.6) is 0 Å². The molecule has 0 amide bonds. The minimum atomic E-state index is 0.603. The first-order chi connectivity index (χ1) is 9.19. The molecule has 1 atom stereocenters. The van der Waals surface area contributed by atoms with Gasteiger partial charge in [0.05, 0.1) is 6.54 Å². The summed E-state index contributed by atoms with van der Waals surface area (Å²) in [5, 5.41) is 5.26. The number of thioether (sulfide) groups is 1. The second-order valence-corrected chi connectivity index (χ2v) is 6.71. The molecule has 1 unspecified atom stereocenters. The lowest BCUT2D eigenvalue weighted by Gasteiger charge is -2.09. The molecule has 2 nitrogen and oxygen atoms in total. The van der Waals surface area contributed by atoms with Gasteiger partial charge >= 0.3 is 0 Å². The number of rotatable bonds is 5. The summed E-state index contributed by atoms with van der Waals surface area (Å²) in [5.41, 5.74) is 2.73. The van der Waals surface area contributed by atoms with Crippen molar-refractivity contribution in [1.82, 2.24) is 5.32 Å². The smallest absolute Gasteiger partial charge is 0.157 e. The third-order valence-electron chi connectivity index (χ3n) is 3.42. The van der Waals surface area contributed by atoms with Gasteiger partial charge in [0.2, 0.25) is 0 Å². The van der Waals surface area contributed by atoms with E-state index in [0.717, 1.165) is 18.3 Å². The van der Waals surface area contributed by atoms with Crippen molar-refractivity contribution in [2.24, 2.45) is 4.99 Å². The van der Waals surface area contributed by atoms with Gasteiger partial charge in [-0.1, -0.05) is 63.2 Å². The number of benzene rings is 1. The minimum Gasteiger partial charge on any atom is -0.361 e. The van der Waals surface area contributed by atoms with Gasteiger partial charge in [0, 0.05) is 11.8 Å². The number of nitrogens with one attached hydrogen (secondary N) is 1. The molecule has 0 fully saturated rings. The molecular formula is C16H24N2S.